The van der Waals surface area contributed by atoms with Gasteiger partial charge in [0.1, 0.15) is 0 Å². The summed E-state index contributed by atoms with van der Waals surface area (Å²) in [6, 6.07) is 20.4. The van der Waals surface area contributed by atoms with Gasteiger partial charge in [0, 0.05) is 11.8 Å². The third-order valence-corrected chi connectivity index (χ3v) is 3.14. The number of nitrogens with zero attached hydrogens (tertiary/aromatic N) is 3. The minimum Gasteiger partial charge on any atom is -0.242 e. The smallest absolute Gasteiger partial charge is 0.178 e. The van der Waals surface area contributed by atoms with Gasteiger partial charge < -0.3 is 0 Å². The minimum atomic E-state index is 0.730. The number of rotatable bonds is 4. The fourth-order valence-electron chi connectivity index (χ4n) is 2.16. The lowest BCUT2D eigenvalue weighted by Gasteiger charge is -2.27. The van der Waals surface area contributed by atoms with E-state index in [9.17, 15) is 0 Å². The lowest BCUT2D eigenvalue weighted by Crippen LogP contribution is -2.41. The van der Waals surface area contributed by atoms with E-state index in [-0.39, 0.29) is 0 Å². The van der Waals surface area contributed by atoms with Crippen LogP contribution in [0.5, 0.6) is 0 Å². The molecule has 1 aliphatic heterocycles. The van der Waals surface area contributed by atoms with Crippen molar-refractivity contribution in [2.45, 2.75) is 6.54 Å². The zero-order valence-corrected chi connectivity index (χ0v) is 11.1. The Morgan fingerprint density at radius 3 is 2.30 bits per heavy atom. The van der Waals surface area contributed by atoms with E-state index in [0.717, 1.165) is 17.9 Å². The fraction of sp³-hybridized carbons (Fsp3) is 0.0625. The number of amidine groups is 1. The molecule has 0 saturated carbocycles. The van der Waals surface area contributed by atoms with E-state index < -0.39 is 0 Å². The lowest BCUT2D eigenvalue weighted by atomic mass is 10.2. The number of hydrogen-bond acceptors (Lipinski definition) is 4. The molecular formula is C16H16N4. The Labute approximate surface area is 118 Å². The average Bonchev–Trinajstić information content (AvgIpc) is 2.92. The number of hydrazine groups is 2. The molecule has 0 saturated heterocycles. The van der Waals surface area contributed by atoms with Gasteiger partial charge in [0.25, 0.3) is 0 Å². The van der Waals surface area contributed by atoms with Gasteiger partial charge in [-0.3, -0.25) is 0 Å². The molecule has 2 aromatic rings. The maximum Gasteiger partial charge on any atom is 0.178 e. The molecule has 0 radical (unpaired) electrons. The molecule has 1 N–H and O–H groups in total. The lowest BCUT2D eigenvalue weighted by molar-refractivity contribution is 0.0688. The van der Waals surface area contributed by atoms with Gasteiger partial charge in [0.05, 0.1) is 6.54 Å². The molecule has 4 nitrogen and oxygen atoms in total. The third-order valence-electron chi connectivity index (χ3n) is 3.14. The topological polar surface area (TPSA) is 30.9 Å². The van der Waals surface area contributed by atoms with Crippen LogP contribution in [0.2, 0.25) is 0 Å². The highest BCUT2D eigenvalue weighted by molar-refractivity contribution is 5.98. The van der Waals surface area contributed by atoms with E-state index in [1.165, 1.54) is 5.56 Å². The van der Waals surface area contributed by atoms with Gasteiger partial charge in [0.15, 0.2) is 5.84 Å². The first-order valence-electron chi connectivity index (χ1n) is 6.50. The second-order valence-corrected chi connectivity index (χ2v) is 4.47. The number of nitrogens with one attached hydrogen (secondary N) is 1. The van der Waals surface area contributed by atoms with E-state index in [0.29, 0.717) is 0 Å². The molecule has 0 aliphatic carbocycles. The van der Waals surface area contributed by atoms with Crippen molar-refractivity contribution >= 4 is 5.84 Å². The van der Waals surface area contributed by atoms with E-state index in [4.69, 9.17) is 0 Å². The van der Waals surface area contributed by atoms with E-state index in [1.54, 1.807) is 11.3 Å². The van der Waals surface area contributed by atoms with Crippen molar-refractivity contribution < 1.29 is 0 Å². The standard InChI is InChI=1S/C16H16N4/c1-2-20-18-17-16(15-11-7-4-8-12-15)19(20)13-14-9-5-3-6-10-14/h2-12,18H,1,13H2. The van der Waals surface area contributed by atoms with Crippen LogP contribution in [0.3, 0.4) is 0 Å². The molecule has 0 unspecified atom stereocenters. The summed E-state index contributed by atoms with van der Waals surface area (Å²) in [4.78, 5) is 0. The molecule has 0 aromatic heterocycles. The van der Waals surface area contributed by atoms with Crippen molar-refractivity contribution in [3.8, 4) is 0 Å². The van der Waals surface area contributed by atoms with Crippen molar-refractivity contribution in [1.29, 1.82) is 0 Å². The van der Waals surface area contributed by atoms with Crippen LogP contribution < -0.4 is 5.53 Å². The Balaban J connectivity index is 1.88. The van der Waals surface area contributed by atoms with E-state index >= 15 is 0 Å². The van der Waals surface area contributed by atoms with Gasteiger partial charge in [-0.2, -0.15) is 10.7 Å². The van der Waals surface area contributed by atoms with Gasteiger partial charge in [0.2, 0.25) is 0 Å². The van der Waals surface area contributed by atoms with Crippen molar-refractivity contribution in [3.63, 3.8) is 0 Å². The van der Waals surface area contributed by atoms with Crippen LogP contribution in [0.1, 0.15) is 11.1 Å². The first kappa shape index (κ1) is 12.3. The Morgan fingerprint density at radius 2 is 1.65 bits per heavy atom. The maximum atomic E-state index is 4.38. The van der Waals surface area contributed by atoms with Crippen molar-refractivity contribution in [2.24, 2.45) is 5.10 Å². The van der Waals surface area contributed by atoms with Crippen molar-refractivity contribution in [3.05, 3.63) is 84.6 Å². The van der Waals surface area contributed by atoms with Crippen LogP contribution in [-0.2, 0) is 6.54 Å². The molecule has 0 atom stereocenters. The molecule has 1 aliphatic rings. The van der Waals surface area contributed by atoms with Crippen LogP contribution in [0.4, 0.5) is 0 Å². The highest BCUT2D eigenvalue weighted by Gasteiger charge is 2.24. The molecule has 1 heterocycles. The normalized spacial score (nSPS) is 13.9. The fourth-order valence-corrected chi connectivity index (χ4v) is 2.16. The molecule has 0 bridgehead atoms. The Morgan fingerprint density at radius 1 is 1.00 bits per heavy atom. The molecule has 3 rings (SSSR count). The molecule has 2 aromatic carbocycles. The highest BCUT2D eigenvalue weighted by atomic mass is 15.9. The summed E-state index contributed by atoms with van der Waals surface area (Å²) in [5.41, 5.74) is 5.24. The highest BCUT2D eigenvalue weighted by Crippen LogP contribution is 2.16. The van der Waals surface area contributed by atoms with Crippen LogP contribution in [0, 0.1) is 0 Å². The molecule has 0 amide bonds. The second-order valence-electron chi connectivity index (χ2n) is 4.47. The summed E-state index contributed by atoms with van der Waals surface area (Å²) in [7, 11) is 0. The number of benzene rings is 2. The average molecular weight is 264 g/mol. The first-order chi connectivity index (χ1) is 9.88. The predicted octanol–water partition coefficient (Wildman–Crippen LogP) is 2.73. The third kappa shape index (κ3) is 2.36. The Bertz CT molecular complexity index is 607. The van der Waals surface area contributed by atoms with Crippen LogP contribution in [-0.4, -0.2) is 16.0 Å². The van der Waals surface area contributed by atoms with Gasteiger partial charge in [-0.25, -0.2) is 5.01 Å². The minimum absolute atomic E-state index is 0.730. The van der Waals surface area contributed by atoms with E-state index in [2.05, 4.69) is 34.4 Å². The summed E-state index contributed by atoms with van der Waals surface area (Å²) in [5.74, 6) is 0.884. The summed E-state index contributed by atoms with van der Waals surface area (Å²) in [5, 5.41) is 8.22. The van der Waals surface area contributed by atoms with Gasteiger partial charge >= 0.3 is 0 Å². The molecule has 20 heavy (non-hydrogen) atoms. The SMILES string of the molecule is C=CN1NN=C(c2ccccc2)N1Cc1ccccc1. The monoisotopic (exact) mass is 264 g/mol. The summed E-state index contributed by atoms with van der Waals surface area (Å²) >= 11 is 0. The van der Waals surface area contributed by atoms with E-state index in [1.807, 2.05) is 48.5 Å². The molecule has 4 heteroatoms. The second kappa shape index (κ2) is 5.48. The van der Waals surface area contributed by atoms with Gasteiger partial charge in [-0.05, 0) is 5.56 Å². The van der Waals surface area contributed by atoms with Gasteiger partial charge in [-0.15, -0.1) is 5.10 Å². The zero-order valence-electron chi connectivity index (χ0n) is 11.1. The van der Waals surface area contributed by atoms with Crippen molar-refractivity contribution in [1.82, 2.24) is 15.7 Å². The molecule has 0 spiro atoms. The Hall–Kier alpha value is -2.75. The summed E-state index contributed by atoms with van der Waals surface area (Å²) in [6.45, 7) is 4.54. The largest absolute Gasteiger partial charge is 0.242 e. The number of hydrazone groups is 1. The van der Waals surface area contributed by atoms with Crippen LogP contribution >= 0.6 is 0 Å². The zero-order chi connectivity index (χ0) is 13.8. The molecule has 100 valence electrons. The van der Waals surface area contributed by atoms with Crippen molar-refractivity contribution in [2.75, 3.05) is 0 Å². The molecule has 0 fully saturated rings. The van der Waals surface area contributed by atoms with Crippen LogP contribution in [0.15, 0.2) is 78.5 Å². The Kier molecular flexibility index (Phi) is 3.37. The number of hydrogen-bond donors (Lipinski definition) is 1. The van der Waals surface area contributed by atoms with Gasteiger partial charge in [-0.1, -0.05) is 67.2 Å². The quantitative estimate of drug-likeness (QED) is 0.921. The first-order valence-corrected chi connectivity index (χ1v) is 6.50. The van der Waals surface area contributed by atoms with Crippen LogP contribution in [0.25, 0.3) is 0 Å². The maximum absolute atomic E-state index is 4.38. The summed E-state index contributed by atoms with van der Waals surface area (Å²) < 4.78 is 0. The predicted molar refractivity (Wildman–Crippen MR) is 80.1 cm³/mol. The molecular weight excluding hydrogens is 248 g/mol. The summed E-state index contributed by atoms with van der Waals surface area (Å²) in [6.07, 6.45) is 1.71.